The second-order valence-corrected chi connectivity index (χ2v) is 11.2. The second-order valence-electron chi connectivity index (χ2n) is 8.98. The number of ether oxygens (including phenoxy) is 1. The van der Waals surface area contributed by atoms with E-state index in [1.54, 1.807) is 31.2 Å². The molecule has 4 rings (SSSR count). The average molecular weight is 450 g/mol. The smallest absolute Gasteiger partial charge is 0.255 e. The molecule has 0 unspecified atom stereocenters. The molecule has 0 saturated carbocycles. The van der Waals surface area contributed by atoms with Gasteiger partial charge in [0, 0.05) is 19.4 Å². The monoisotopic (exact) mass is 449 g/mol. The fraction of sp³-hybridized carbons (Fsp3) is 0.571. The van der Waals surface area contributed by atoms with Crippen molar-refractivity contribution in [1.29, 1.82) is 0 Å². The van der Waals surface area contributed by atoms with E-state index in [2.05, 4.69) is 10.6 Å². The molecule has 2 saturated heterocycles. The Morgan fingerprint density at radius 1 is 1.23 bits per heavy atom. The van der Waals surface area contributed by atoms with Crippen LogP contribution in [0.4, 0.5) is 0 Å². The summed E-state index contributed by atoms with van der Waals surface area (Å²) < 4.78 is 29.8. The summed E-state index contributed by atoms with van der Waals surface area (Å²) in [6, 6.07) is 7.02. The lowest BCUT2D eigenvalue weighted by Gasteiger charge is -2.32. The van der Waals surface area contributed by atoms with E-state index < -0.39 is 21.0 Å². The standard InChI is InChI=1S/C21H27N3O6S/c1-20(9-11-31(28,29)14-20)23-17(25)12-24-10-8-21(7-6-18(24)26)13-22-19(27)15-4-2-3-5-16(15)30-21/h2-5H,6-14H2,1H3,(H,22,27)(H,23,25)/t20-,21+/m1/s1. The first-order chi connectivity index (χ1) is 14.6. The Morgan fingerprint density at radius 2 is 2.00 bits per heavy atom. The minimum Gasteiger partial charge on any atom is -0.485 e. The van der Waals surface area contributed by atoms with Crippen LogP contribution in [-0.4, -0.2) is 73.3 Å². The predicted molar refractivity (Wildman–Crippen MR) is 112 cm³/mol. The van der Waals surface area contributed by atoms with Crippen molar-refractivity contribution in [2.75, 3.05) is 31.1 Å². The Hall–Kier alpha value is -2.62. The van der Waals surface area contributed by atoms with E-state index in [9.17, 15) is 22.8 Å². The topological polar surface area (TPSA) is 122 Å². The van der Waals surface area contributed by atoms with Crippen LogP contribution >= 0.6 is 0 Å². The normalized spacial score (nSPS) is 30.0. The van der Waals surface area contributed by atoms with Crippen LogP contribution < -0.4 is 15.4 Å². The van der Waals surface area contributed by atoms with Crippen LogP contribution in [0.5, 0.6) is 5.75 Å². The van der Waals surface area contributed by atoms with Crippen LogP contribution in [0.25, 0.3) is 0 Å². The average Bonchev–Trinajstić information content (AvgIpc) is 2.82. The van der Waals surface area contributed by atoms with Crippen LogP contribution in [-0.2, 0) is 19.4 Å². The Bertz CT molecular complexity index is 1030. The summed E-state index contributed by atoms with van der Waals surface area (Å²) >= 11 is 0. The van der Waals surface area contributed by atoms with Crippen LogP contribution in [0.2, 0.25) is 0 Å². The highest BCUT2D eigenvalue weighted by Crippen LogP contribution is 2.33. The number of carbonyl (C=O) groups is 3. The number of amides is 3. The largest absolute Gasteiger partial charge is 0.485 e. The van der Waals surface area contributed by atoms with Crippen molar-refractivity contribution in [3.8, 4) is 5.75 Å². The number of likely N-dealkylation sites (tertiary alicyclic amines) is 1. The van der Waals surface area contributed by atoms with E-state index in [1.807, 2.05) is 0 Å². The lowest BCUT2D eigenvalue weighted by molar-refractivity contribution is -0.136. The molecule has 9 nitrogen and oxygen atoms in total. The third-order valence-electron chi connectivity index (χ3n) is 6.29. The summed E-state index contributed by atoms with van der Waals surface area (Å²) in [6.07, 6.45) is 1.45. The number of fused-ring (bicyclic) bond motifs is 1. The maximum atomic E-state index is 12.7. The van der Waals surface area contributed by atoms with E-state index in [0.717, 1.165) is 0 Å². The molecule has 2 N–H and O–H groups in total. The number of rotatable bonds is 3. The van der Waals surface area contributed by atoms with Crippen molar-refractivity contribution in [2.45, 2.75) is 43.7 Å². The van der Waals surface area contributed by atoms with Crippen LogP contribution in [0.1, 0.15) is 43.0 Å². The number of nitrogens with one attached hydrogen (secondary N) is 2. The van der Waals surface area contributed by atoms with Gasteiger partial charge >= 0.3 is 0 Å². The molecule has 10 heteroatoms. The summed E-state index contributed by atoms with van der Waals surface area (Å²) in [5, 5.41) is 5.69. The van der Waals surface area contributed by atoms with Crippen molar-refractivity contribution in [3.63, 3.8) is 0 Å². The van der Waals surface area contributed by atoms with Gasteiger partial charge in [0.15, 0.2) is 9.84 Å². The summed E-state index contributed by atoms with van der Waals surface area (Å²) in [7, 11) is -3.15. The van der Waals surface area contributed by atoms with Crippen molar-refractivity contribution in [3.05, 3.63) is 29.8 Å². The minimum absolute atomic E-state index is 0.0550. The second kappa shape index (κ2) is 7.81. The van der Waals surface area contributed by atoms with Gasteiger partial charge in [0.25, 0.3) is 5.91 Å². The van der Waals surface area contributed by atoms with Gasteiger partial charge in [-0.15, -0.1) is 0 Å². The molecule has 1 aromatic rings. The Kier molecular flexibility index (Phi) is 5.45. The number of para-hydroxylation sites is 1. The Balaban J connectivity index is 1.42. The zero-order valence-corrected chi connectivity index (χ0v) is 18.3. The molecule has 0 aliphatic carbocycles. The van der Waals surface area contributed by atoms with E-state index in [0.29, 0.717) is 37.1 Å². The Morgan fingerprint density at radius 3 is 2.74 bits per heavy atom. The first-order valence-electron chi connectivity index (χ1n) is 10.4. The molecule has 168 valence electrons. The van der Waals surface area contributed by atoms with Crippen molar-refractivity contribution >= 4 is 27.6 Å². The molecule has 31 heavy (non-hydrogen) atoms. The predicted octanol–water partition coefficient (Wildman–Crippen LogP) is 0.254. The fourth-order valence-electron chi connectivity index (χ4n) is 4.54. The van der Waals surface area contributed by atoms with Gasteiger partial charge in [0.1, 0.15) is 11.4 Å². The SMILES string of the molecule is C[C@@]1(NC(=O)CN2CC[C@@]3(CCC2=O)CNC(=O)c2ccccc2O3)CCS(=O)(=O)C1. The summed E-state index contributed by atoms with van der Waals surface area (Å²) in [4.78, 5) is 39.1. The Labute approximate surface area is 181 Å². The summed E-state index contributed by atoms with van der Waals surface area (Å²) in [6.45, 7) is 2.17. The highest BCUT2D eigenvalue weighted by Gasteiger charge is 2.42. The van der Waals surface area contributed by atoms with Gasteiger partial charge in [-0.25, -0.2) is 8.42 Å². The van der Waals surface area contributed by atoms with Crippen molar-refractivity contribution in [2.24, 2.45) is 0 Å². The first-order valence-corrected chi connectivity index (χ1v) is 12.3. The van der Waals surface area contributed by atoms with Crippen molar-refractivity contribution in [1.82, 2.24) is 15.5 Å². The van der Waals surface area contributed by atoms with Gasteiger partial charge in [0.05, 0.1) is 35.7 Å². The first kappa shape index (κ1) is 21.6. The molecule has 1 spiro atoms. The molecule has 0 aromatic heterocycles. The van der Waals surface area contributed by atoms with Crippen LogP contribution in [0.3, 0.4) is 0 Å². The van der Waals surface area contributed by atoms with E-state index in [-0.39, 0.29) is 48.7 Å². The van der Waals surface area contributed by atoms with Crippen LogP contribution in [0, 0.1) is 0 Å². The van der Waals surface area contributed by atoms with Gasteiger partial charge in [-0.2, -0.15) is 0 Å². The highest BCUT2D eigenvalue weighted by atomic mass is 32.2. The van der Waals surface area contributed by atoms with E-state index in [1.165, 1.54) is 4.90 Å². The third-order valence-corrected chi connectivity index (χ3v) is 8.20. The third kappa shape index (κ3) is 4.68. The molecule has 1 aromatic carbocycles. The van der Waals surface area contributed by atoms with Crippen molar-refractivity contribution < 1.29 is 27.5 Å². The highest BCUT2D eigenvalue weighted by molar-refractivity contribution is 7.91. The molecule has 3 aliphatic heterocycles. The molecule has 0 radical (unpaired) electrons. The number of carbonyl (C=O) groups excluding carboxylic acids is 3. The molecular weight excluding hydrogens is 422 g/mol. The number of hydrogen-bond acceptors (Lipinski definition) is 6. The molecule has 3 aliphatic rings. The maximum Gasteiger partial charge on any atom is 0.255 e. The molecule has 3 heterocycles. The van der Waals surface area contributed by atoms with Gasteiger partial charge < -0.3 is 20.3 Å². The van der Waals surface area contributed by atoms with Gasteiger partial charge in [-0.05, 0) is 31.9 Å². The zero-order chi connectivity index (χ0) is 22.3. The zero-order valence-electron chi connectivity index (χ0n) is 17.5. The molecular formula is C21H27N3O6S. The number of hydrogen-bond donors (Lipinski definition) is 2. The lowest BCUT2D eigenvalue weighted by atomic mass is 9.94. The van der Waals surface area contributed by atoms with E-state index in [4.69, 9.17) is 4.74 Å². The number of benzene rings is 1. The summed E-state index contributed by atoms with van der Waals surface area (Å²) in [5.74, 6) is -0.284. The molecule has 0 bridgehead atoms. The quantitative estimate of drug-likeness (QED) is 0.682. The molecule has 2 atom stereocenters. The van der Waals surface area contributed by atoms with Gasteiger partial charge in [-0.1, -0.05) is 12.1 Å². The minimum atomic E-state index is -3.15. The van der Waals surface area contributed by atoms with E-state index >= 15 is 0 Å². The van der Waals surface area contributed by atoms with Gasteiger partial charge in [-0.3, -0.25) is 14.4 Å². The maximum absolute atomic E-state index is 12.7. The molecule has 3 amide bonds. The van der Waals surface area contributed by atoms with Crippen LogP contribution in [0.15, 0.2) is 24.3 Å². The fourth-order valence-corrected chi connectivity index (χ4v) is 6.63. The molecule has 2 fully saturated rings. The summed E-state index contributed by atoms with van der Waals surface area (Å²) in [5.41, 5.74) is -1.06. The lowest BCUT2D eigenvalue weighted by Crippen LogP contribution is -2.51. The number of nitrogens with zero attached hydrogens (tertiary/aromatic N) is 1. The van der Waals surface area contributed by atoms with Gasteiger partial charge in [0.2, 0.25) is 11.8 Å². The number of sulfone groups is 1.